The summed E-state index contributed by atoms with van der Waals surface area (Å²) >= 11 is 0. The van der Waals surface area contributed by atoms with E-state index in [1.807, 2.05) is 32.8 Å². The third kappa shape index (κ3) is 4.79. The molecule has 2 heterocycles. The van der Waals surface area contributed by atoms with Crippen LogP contribution in [0.3, 0.4) is 0 Å². The lowest BCUT2D eigenvalue weighted by Crippen LogP contribution is -2.41. The largest absolute Gasteiger partial charge is 0.363 e. The minimum Gasteiger partial charge on any atom is -0.363 e. The second-order valence-corrected chi connectivity index (χ2v) is 9.22. The van der Waals surface area contributed by atoms with Gasteiger partial charge in [-0.15, -0.1) is 0 Å². The van der Waals surface area contributed by atoms with Gasteiger partial charge in [0.05, 0.1) is 18.3 Å². The van der Waals surface area contributed by atoms with Crippen molar-refractivity contribution >= 4 is 21.9 Å². The second-order valence-electron chi connectivity index (χ2n) is 7.19. The molecule has 0 N–H and O–H groups in total. The van der Waals surface area contributed by atoms with E-state index in [2.05, 4.69) is 9.97 Å². The lowest BCUT2D eigenvalue weighted by Gasteiger charge is -2.26. The molecule has 2 rings (SSSR count). The Hall–Kier alpha value is -1.78. The molecule has 0 unspecified atom stereocenters. The van der Waals surface area contributed by atoms with E-state index in [4.69, 9.17) is 0 Å². The topological polar surface area (TPSA) is 90.0 Å². The summed E-state index contributed by atoms with van der Waals surface area (Å²) in [5, 5.41) is 0. The zero-order valence-electron chi connectivity index (χ0n) is 17.7. The fourth-order valence-electron chi connectivity index (χ4n) is 3.43. The summed E-state index contributed by atoms with van der Waals surface area (Å²) in [6.07, 6.45) is 1.72. The SMILES string of the molecule is CCN(CC)S(=O)(=O)N(C)Cc1cc(N(C)C)nc([C@@H]2CCCN2C(C)=O)n1. The van der Waals surface area contributed by atoms with Gasteiger partial charge in [0.25, 0.3) is 10.2 Å². The average molecular weight is 413 g/mol. The minimum atomic E-state index is -3.56. The first-order valence-corrected chi connectivity index (χ1v) is 11.0. The van der Waals surface area contributed by atoms with Crippen LogP contribution in [0.25, 0.3) is 0 Å². The van der Waals surface area contributed by atoms with E-state index in [1.165, 1.54) is 8.61 Å². The molecule has 28 heavy (non-hydrogen) atoms. The Morgan fingerprint density at radius 1 is 1.21 bits per heavy atom. The number of amides is 1. The summed E-state index contributed by atoms with van der Waals surface area (Å²) in [5.74, 6) is 1.27. The van der Waals surface area contributed by atoms with Crippen LogP contribution in [-0.4, -0.2) is 78.6 Å². The van der Waals surface area contributed by atoms with Crippen molar-refractivity contribution in [1.29, 1.82) is 0 Å². The van der Waals surface area contributed by atoms with E-state index < -0.39 is 10.2 Å². The van der Waals surface area contributed by atoms with Crippen molar-refractivity contribution in [3.05, 3.63) is 17.6 Å². The number of carbonyl (C=O) groups excluding carboxylic acids is 1. The van der Waals surface area contributed by atoms with E-state index >= 15 is 0 Å². The van der Waals surface area contributed by atoms with Crippen LogP contribution in [0.5, 0.6) is 0 Å². The highest BCUT2D eigenvalue weighted by Gasteiger charge is 2.31. The van der Waals surface area contributed by atoms with Crippen molar-refractivity contribution in [2.24, 2.45) is 0 Å². The molecule has 1 aromatic heterocycles. The van der Waals surface area contributed by atoms with Crippen molar-refractivity contribution in [2.75, 3.05) is 45.7 Å². The van der Waals surface area contributed by atoms with Gasteiger partial charge in [-0.2, -0.15) is 17.0 Å². The number of hydrogen-bond acceptors (Lipinski definition) is 6. The predicted molar refractivity (Wildman–Crippen MR) is 109 cm³/mol. The van der Waals surface area contributed by atoms with E-state index in [9.17, 15) is 13.2 Å². The monoisotopic (exact) mass is 412 g/mol. The molecular formula is C18H32N6O3S. The molecule has 1 amide bonds. The van der Waals surface area contributed by atoms with E-state index in [-0.39, 0.29) is 18.5 Å². The van der Waals surface area contributed by atoms with Crippen molar-refractivity contribution in [1.82, 2.24) is 23.5 Å². The summed E-state index contributed by atoms with van der Waals surface area (Å²) in [6.45, 7) is 6.85. The van der Waals surface area contributed by atoms with Crippen LogP contribution in [-0.2, 0) is 21.5 Å². The quantitative estimate of drug-likeness (QED) is 0.638. The molecule has 9 nitrogen and oxygen atoms in total. The number of rotatable bonds is 8. The van der Waals surface area contributed by atoms with Crippen LogP contribution in [0.15, 0.2) is 6.07 Å². The maximum atomic E-state index is 12.7. The fourth-order valence-corrected chi connectivity index (χ4v) is 4.77. The molecule has 10 heteroatoms. The van der Waals surface area contributed by atoms with Gasteiger partial charge in [0.15, 0.2) is 5.82 Å². The molecule has 1 aromatic rings. The Balaban J connectivity index is 2.37. The van der Waals surface area contributed by atoms with Crippen LogP contribution in [0.1, 0.15) is 51.2 Å². The maximum Gasteiger partial charge on any atom is 0.282 e. The highest BCUT2D eigenvalue weighted by atomic mass is 32.2. The number of likely N-dealkylation sites (tertiary alicyclic amines) is 1. The molecule has 0 spiro atoms. The van der Waals surface area contributed by atoms with E-state index in [1.54, 1.807) is 24.9 Å². The smallest absolute Gasteiger partial charge is 0.282 e. The van der Waals surface area contributed by atoms with Gasteiger partial charge in [0.2, 0.25) is 5.91 Å². The molecule has 1 fully saturated rings. The molecule has 0 saturated carbocycles. The second kappa shape index (κ2) is 9.15. The predicted octanol–water partition coefficient (Wildman–Crippen LogP) is 1.24. The molecule has 1 aliphatic rings. The van der Waals surface area contributed by atoms with E-state index in [0.717, 1.165) is 12.8 Å². The van der Waals surface area contributed by atoms with Crippen molar-refractivity contribution < 1.29 is 13.2 Å². The number of hydrogen-bond donors (Lipinski definition) is 0. The summed E-state index contributed by atoms with van der Waals surface area (Å²) in [6, 6.07) is 1.63. The van der Waals surface area contributed by atoms with Gasteiger partial charge in [0.1, 0.15) is 5.82 Å². The van der Waals surface area contributed by atoms with Crippen molar-refractivity contribution in [2.45, 2.75) is 46.2 Å². The first kappa shape index (κ1) is 22.5. The molecular weight excluding hydrogens is 380 g/mol. The summed E-state index contributed by atoms with van der Waals surface area (Å²) in [5.41, 5.74) is 0.613. The lowest BCUT2D eigenvalue weighted by atomic mass is 10.2. The van der Waals surface area contributed by atoms with Crippen LogP contribution < -0.4 is 4.90 Å². The van der Waals surface area contributed by atoms with Crippen LogP contribution in [0, 0.1) is 0 Å². The molecule has 0 aromatic carbocycles. The molecule has 1 aliphatic heterocycles. The normalized spacial score (nSPS) is 17.6. The Morgan fingerprint density at radius 2 is 1.86 bits per heavy atom. The van der Waals surface area contributed by atoms with Gasteiger partial charge in [-0.3, -0.25) is 4.79 Å². The maximum absolute atomic E-state index is 12.7. The highest BCUT2D eigenvalue weighted by molar-refractivity contribution is 7.86. The molecule has 1 saturated heterocycles. The summed E-state index contributed by atoms with van der Waals surface area (Å²) in [4.78, 5) is 24.9. The van der Waals surface area contributed by atoms with Gasteiger partial charge < -0.3 is 9.80 Å². The van der Waals surface area contributed by atoms with E-state index in [0.29, 0.717) is 37.0 Å². The third-order valence-corrected chi connectivity index (χ3v) is 7.09. The van der Waals surface area contributed by atoms with Gasteiger partial charge in [0, 0.05) is 53.8 Å². The van der Waals surface area contributed by atoms with Gasteiger partial charge in [-0.25, -0.2) is 9.97 Å². The average Bonchev–Trinajstić information content (AvgIpc) is 3.12. The third-order valence-electron chi connectivity index (χ3n) is 5.01. The first-order valence-electron chi connectivity index (χ1n) is 9.65. The van der Waals surface area contributed by atoms with Gasteiger partial charge >= 0.3 is 0 Å². The minimum absolute atomic E-state index is 0.00383. The Bertz CT molecular complexity index is 795. The lowest BCUT2D eigenvalue weighted by molar-refractivity contribution is -0.129. The molecule has 0 radical (unpaired) electrons. The highest BCUT2D eigenvalue weighted by Crippen LogP contribution is 2.31. The molecule has 158 valence electrons. The summed E-state index contributed by atoms with van der Waals surface area (Å²) < 4.78 is 28.2. The number of anilines is 1. The van der Waals surface area contributed by atoms with Crippen molar-refractivity contribution in [3.63, 3.8) is 0 Å². The molecule has 0 aliphatic carbocycles. The zero-order valence-corrected chi connectivity index (χ0v) is 18.5. The number of aromatic nitrogens is 2. The van der Waals surface area contributed by atoms with Crippen LogP contribution in [0.2, 0.25) is 0 Å². The molecule has 0 bridgehead atoms. The zero-order chi connectivity index (χ0) is 21.1. The van der Waals surface area contributed by atoms with Gasteiger partial charge in [-0.05, 0) is 12.8 Å². The van der Waals surface area contributed by atoms with Gasteiger partial charge in [-0.1, -0.05) is 13.8 Å². The summed E-state index contributed by atoms with van der Waals surface area (Å²) in [7, 11) is 1.75. The first-order chi connectivity index (χ1) is 13.1. The number of carbonyl (C=O) groups is 1. The standard InChI is InChI=1S/C18H32N6O3S/c1-7-23(8-2)28(26,27)22(6)13-15-12-17(21(4)5)20-18(19-15)16-10-9-11-24(16)14(3)25/h12,16H,7-11,13H2,1-6H3/t16-/m0/s1. The molecule has 1 atom stereocenters. The van der Waals surface area contributed by atoms with Crippen LogP contribution in [0.4, 0.5) is 5.82 Å². The Kier molecular flexibility index (Phi) is 7.35. The fraction of sp³-hybridized carbons (Fsp3) is 0.722. The number of nitrogens with zero attached hydrogens (tertiary/aromatic N) is 6. The Morgan fingerprint density at radius 3 is 2.39 bits per heavy atom. The Labute approximate surface area is 168 Å². The van der Waals surface area contributed by atoms with Crippen molar-refractivity contribution in [3.8, 4) is 0 Å². The van der Waals surface area contributed by atoms with Crippen LogP contribution >= 0.6 is 0 Å².